The van der Waals surface area contributed by atoms with Gasteiger partial charge in [0, 0.05) is 17.4 Å². The van der Waals surface area contributed by atoms with Crippen molar-refractivity contribution in [1.82, 2.24) is 0 Å². The number of fused-ring (bicyclic) bond motifs is 3. The van der Waals surface area contributed by atoms with E-state index >= 15 is 0 Å². The smallest absolute Gasteiger partial charge is 0.135 e. The summed E-state index contributed by atoms with van der Waals surface area (Å²) < 4.78 is 0. The van der Waals surface area contributed by atoms with E-state index < -0.39 is 0 Å². The molecule has 1 aromatic rings. The molecule has 15 heavy (non-hydrogen) atoms. The molecule has 0 amide bonds. The van der Waals surface area contributed by atoms with Crippen LogP contribution in [0.25, 0.3) is 0 Å². The van der Waals surface area contributed by atoms with Crippen molar-refractivity contribution < 1.29 is 4.90 Å². The fourth-order valence-electron chi connectivity index (χ4n) is 3.64. The summed E-state index contributed by atoms with van der Waals surface area (Å²) in [6, 6.07) is 9.87. The molecule has 0 bridgehead atoms. The number of rotatable bonds is 0. The molecule has 0 radical (unpaired) electrons. The molecule has 80 valence electrons. The highest BCUT2D eigenvalue weighted by Crippen LogP contribution is 2.38. The van der Waals surface area contributed by atoms with Crippen LogP contribution in [0.15, 0.2) is 24.3 Å². The van der Waals surface area contributed by atoms with Crippen LogP contribution < -0.4 is 4.90 Å². The van der Waals surface area contributed by atoms with Gasteiger partial charge in [0.15, 0.2) is 0 Å². The molecule has 2 unspecified atom stereocenters. The van der Waals surface area contributed by atoms with E-state index in [1.807, 2.05) is 0 Å². The molecule has 2 aliphatic heterocycles. The van der Waals surface area contributed by atoms with Gasteiger partial charge < -0.3 is 0 Å². The maximum Gasteiger partial charge on any atom is 0.135 e. The number of hydrogen-bond acceptors (Lipinski definition) is 0. The van der Waals surface area contributed by atoms with Crippen LogP contribution in [0.4, 0.5) is 5.69 Å². The van der Waals surface area contributed by atoms with Crippen LogP contribution in [0, 0.1) is 0 Å². The lowest BCUT2D eigenvalue weighted by atomic mass is 9.78. The van der Waals surface area contributed by atoms with Crippen molar-refractivity contribution in [1.29, 1.82) is 0 Å². The second-order valence-electron chi connectivity index (χ2n) is 5.59. The number of hydrogen-bond donors (Lipinski definition) is 1. The van der Waals surface area contributed by atoms with Crippen molar-refractivity contribution in [2.24, 2.45) is 0 Å². The maximum absolute atomic E-state index is 2.43. The van der Waals surface area contributed by atoms with Gasteiger partial charge in [-0.25, -0.2) is 0 Å². The minimum Gasteiger partial charge on any atom is -0.299 e. The number of benzene rings is 1. The average molecular weight is 202 g/mol. The van der Waals surface area contributed by atoms with Crippen LogP contribution in [0.2, 0.25) is 0 Å². The van der Waals surface area contributed by atoms with Gasteiger partial charge in [0.2, 0.25) is 0 Å². The van der Waals surface area contributed by atoms with Gasteiger partial charge in [-0.2, -0.15) is 0 Å². The van der Waals surface area contributed by atoms with E-state index in [1.54, 1.807) is 16.2 Å². The Morgan fingerprint density at radius 3 is 2.87 bits per heavy atom. The van der Waals surface area contributed by atoms with Crippen molar-refractivity contribution in [3.8, 4) is 0 Å². The molecule has 1 nitrogen and oxygen atoms in total. The summed E-state index contributed by atoms with van der Waals surface area (Å²) >= 11 is 0. The standard InChI is InChI=1S/C14H19N/c1-14(2)11-7-3-4-8-12(11)15-10-6-5-9-13(14)15/h3-4,7-8,13H,5-6,9-10H2,1-2H3/p+1. The lowest BCUT2D eigenvalue weighted by Crippen LogP contribution is -3.11. The summed E-state index contributed by atoms with van der Waals surface area (Å²) in [5.41, 5.74) is 3.55. The molecule has 0 saturated carbocycles. The van der Waals surface area contributed by atoms with E-state index in [0.717, 1.165) is 6.04 Å². The molecule has 0 aliphatic carbocycles. The van der Waals surface area contributed by atoms with Crippen molar-refractivity contribution in [2.45, 2.75) is 44.6 Å². The zero-order chi connectivity index (χ0) is 10.5. The van der Waals surface area contributed by atoms with E-state index in [2.05, 4.69) is 38.1 Å². The van der Waals surface area contributed by atoms with E-state index in [0.29, 0.717) is 5.41 Å². The van der Waals surface area contributed by atoms with Gasteiger partial charge in [0.05, 0.1) is 6.54 Å². The Kier molecular flexibility index (Phi) is 1.93. The second-order valence-corrected chi connectivity index (χ2v) is 5.59. The van der Waals surface area contributed by atoms with Gasteiger partial charge in [-0.1, -0.05) is 18.2 Å². The fourth-order valence-corrected chi connectivity index (χ4v) is 3.64. The Morgan fingerprint density at radius 1 is 1.20 bits per heavy atom. The quantitative estimate of drug-likeness (QED) is 0.657. The third-order valence-corrected chi connectivity index (χ3v) is 4.45. The highest BCUT2D eigenvalue weighted by Gasteiger charge is 2.49. The third-order valence-electron chi connectivity index (χ3n) is 4.45. The Labute approximate surface area is 92.1 Å². The SMILES string of the molecule is CC1(C)c2ccccc2[NH+]2CCCCC21. The summed E-state index contributed by atoms with van der Waals surface area (Å²) in [5.74, 6) is 0. The monoisotopic (exact) mass is 202 g/mol. The van der Waals surface area contributed by atoms with E-state index in [-0.39, 0.29) is 0 Å². The predicted octanol–water partition coefficient (Wildman–Crippen LogP) is 2.05. The Balaban J connectivity index is 2.13. The van der Waals surface area contributed by atoms with Crippen LogP contribution >= 0.6 is 0 Å². The zero-order valence-corrected chi connectivity index (χ0v) is 9.72. The molecule has 0 aromatic heterocycles. The first-order chi connectivity index (χ1) is 7.21. The summed E-state index contributed by atoms with van der Waals surface area (Å²) in [6.45, 7) is 6.19. The van der Waals surface area contributed by atoms with Crippen LogP contribution in [0.1, 0.15) is 38.7 Å². The normalized spacial score (nSPS) is 32.1. The van der Waals surface area contributed by atoms with Gasteiger partial charge >= 0.3 is 0 Å². The van der Waals surface area contributed by atoms with E-state index in [1.165, 1.54) is 25.8 Å². The van der Waals surface area contributed by atoms with Gasteiger partial charge in [-0.15, -0.1) is 0 Å². The first-order valence-electron chi connectivity index (χ1n) is 6.17. The summed E-state index contributed by atoms with van der Waals surface area (Å²) in [5, 5.41) is 0. The molecular formula is C14H20N+. The topological polar surface area (TPSA) is 4.44 Å². The van der Waals surface area contributed by atoms with Crippen LogP contribution in [-0.2, 0) is 5.41 Å². The van der Waals surface area contributed by atoms with E-state index in [9.17, 15) is 0 Å². The molecule has 1 saturated heterocycles. The molecule has 1 fully saturated rings. The molecule has 1 aromatic carbocycles. The van der Waals surface area contributed by atoms with Crippen LogP contribution in [0.3, 0.4) is 0 Å². The third kappa shape index (κ3) is 1.19. The average Bonchev–Trinajstić information content (AvgIpc) is 2.51. The first kappa shape index (κ1) is 9.41. The summed E-state index contributed by atoms with van der Waals surface area (Å²) in [6.07, 6.45) is 4.22. The maximum atomic E-state index is 2.43. The van der Waals surface area contributed by atoms with Gasteiger partial charge in [0.25, 0.3) is 0 Å². The minimum absolute atomic E-state index is 0.381. The van der Waals surface area contributed by atoms with Crippen molar-refractivity contribution >= 4 is 5.69 Å². The van der Waals surface area contributed by atoms with Crippen LogP contribution in [0.5, 0.6) is 0 Å². The minimum atomic E-state index is 0.381. The van der Waals surface area contributed by atoms with Crippen LogP contribution in [-0.4, -0.2) is 12.6 Å². The summed E-state index contributed by atoms with van der Waals surface area (Å²) in [7, 11) is 0. The summed E-state index contributed by atoms with van der Waals surface area (Å²) in [4.78, 5) is 1.75. The molecule has 1 N–H and O–H groups in total. The van der Waals surface area contributed by atoms with Gasteiger partial charge in [0.1, 0.15) is 11.7 Å². The molecule has 2 aliphatic rings. The number of quaternary nitrogens is 1. The highest BCUT2D eigenvalue weighted by molar-refractivity contribution is 5.48. The lowest BCUT2D eigenvalue weighted by Gasteiger charge is -2.33. The van der Waals surface area contributed by atoms with Gasteiger partial charge in [-0.05, 0) is 32.8 Å². The molecule has 0 spiro atoms. The predicted molar refractivity (Wildman–Crippen MR) is 62.6 cm³/mol. The highest BCUT2D eigenvalue weighted by atomic mass is 15.2. The molecule has 2 heterocycles. The van der Waals surface area contributed by atoms with Crippen molar-refractivity contribution in [2.75, 3.05) is 6.54 Å². The van der Waals surface area contributed by atoms with Crippen molar-refractivity contribution in [3.05, 3.63) is 29.8 Å². The Morgan fingerprint density at radius 2 is 2.00 bits per heavy atom. The largest absolute Gasteiger partial charge is 0.299 e. The lowest BCUT2D eigenvalue weighted by molar-refractivity contribution is -0.864. The second kappa shape index (κ2) is 3.08. The number of para-hydroxylation sites is 1. The van der Waals surface area contributed by atoms with E-state index in [4.69, 9.17) is 0 Å². The molecule has 1 heteroatoms. The first-order valence-corrected chi connectivity index (χ1v) is 6.17. The number of nitrogens with one attached hydrogen (secondary N) is 1. The number of piperidine rings is 1. The molecule has 2 atom stereocenters. The molecular weight excluding hydrogens is 182 g/mol. The fraction of sp³-hybridized carbons (Fsp3) is 0.571. The van der Waals surface area contributed by atoms with Crippen molar-refractivity contribution in [3.63, 3.8) is 0 Å². The van der Waals surface area contributed by atoms with Gasteiger partial charge in [-0.3, -0.25) is 4.90 Å². The Bertz CT molecular complexity index is 381. The zero-order valence-electron chi connectivity index (χ0n) is 9.72. The molecule has 3 rings (SSSR count). The Hall–Kier alpha value is -0.820.